The third-order valence-electron chi connectivity index (χ3n) is 5.41. The van der Waals surface area contributed by atoms with E-state index in [2.05, 4.69) is 5.32 Å². The Balaban J connectivity index is 1.37. The number of nitrogens with one attached hydrogen (secondary N) is 1. The third kappa shape index (κ3) is 5.13. The van der Waals surface area contributed by atoms with E-state index in [1.165, 1.54) is 11.8 Å². The Labute approximate surface area is 207 Å². The van der Waals surface area contributed by atoms with Gasteiger partial charge in [0.1, 0.15) is 10.7 Å². The number of hydrogen-bond acceptors (Lipinski definition) is 5. The first-order valence-corrected chi connectivity index (χ1v) is 12.1. The average Bonchev–Trinajstić information content (AvgIpc) is 2.92. The maximum atomic E-state index is 13.0. The molecule has 0 aliphatic rings. The van der Waals surface area contributed by atoms with E-state index in [0.29, 0.717) is 21.8 Å². The van der Waals surface area contributed by atoms with Gasteiger partial charge in [0.2, 0.25) is 5.91 Å². The maximum absolute atomic E-state index is 13.0. The Morgan fingerprint density at radius 3 is 2.03 bits per heavy atom. The van der Waals surface area contributed by atoms with E-state index in [9.17, 15) is 9.59 Å². The second-order valence-electron chi connectivity index (χ2n) is 7.81. The van der Waals surface area contributed by atoms with E-state index in [-0.39, 0.29) is 17.4 Å². The van der Waals surface area contributed by atoms with Crippen LogP contribution < -0.4 is 5.32 Å². The summed E-state index contributed by atoms with van der Waals surface area (Å²) in [5, 5.41) is 3.58. The summed E-state index contributed by atoms with van der Waals surface area (Å²) in [5.41, 5.74) is 4.76. The monoisotopic (exact) mass is 475 g/mol. The van der Waals surface area contributed by atoms with Gasteiger partial charge in [-0.2, -0.15) is 0 Å². The minimum Gasteiger partial charge on any atom is -0.325 e. The van der Waals surface area contributed by atoms with Crippen molar-refractivity contribution in [3.8, 4) is 11.3 Å². The van der Waals surface area contributed by atoms with Crippen LogP contribution in [0.25, 0.3) is 22.3 Å². The van der Waals surface area contributed by atoms with Crippen LogP contribution in [0.5, 0.6) is 0 Å². The molecule has 0 aliphatic heterocycles. The summed E-state index contributed by atoms with van der Waals surface area (Å²) in [4.78, 5) is 35.5. The van der Waals surface area contributed by atoms with Gasteiger partial charge in [-0.1, -0.05) is 96.7 Å². The molecule has 35 heavy (non-hydrogen) atoms. The molecular formula is C29H21N3O2S. The number of aromatic nitrogens is 2. The minimum atomic E-state index is -0.225. The fraction of sp³-hybridized carbons (Fsp3) is 0.0345. The van der Waals surface area contributed by atoms with Crippen molar-refractivity contribution in [2.75, 3.05) is 11.1 Å². The molecule has 1 N–H and O–H groups in total. The van der Waals surface area contributed by atoms with Crippen molar-refractivity contribution < 1.29 is 9.59 Å². The molecule has 0 bridgehead atoms. The van der Waals surface area contributed by atoms with Gasteiger partial charge in [0.05, 0.1) is 22.5 Å². The second kappa shape index (κ2) is 10.3. The lowest BCUT2D eigenvalue weighted by Crippen LogP contribution is -2.17. The SMILES string of the molecule is O=C(CSc1nc2ccccc2nc1-c1ccccc1)Nc1ccccc1C(=O)c1ccccc1. The molecule has 0 saturated carbocycles. The van der Waals surface area contributed by atoms with E-state index < -0.39 is 0 Å². The molecule has 0 fully saturated rings. The summed E-state index contributed by atoms with van der Waals surface area (Å²) < 4.78 is 0. The lowest BCUT2D eigenvalue weighted by molar-refractivity contribution is -0.113. The number of para-hydroxylation sites is 3. The molecule has 0 radical (unpaired) electrons. The maximum Gasteiger partial charge on any atom is 0.234 e. The number of amides is 1. The molecule has 1 heterocycles. The van der Waals surface area contributed by atoms with Crippen molar-refractivity contribution in [1.29, 1.82) is 0 Å². The molecule has 5 nitrogen and oxygen atoms in total. The fourth-order valence-corrected chi connectivity index (χ4v) is 4.53. The van der Waals surface area contributed by atoms with Crippen molar-refractivity contribution in [2.45, 2.75) is 5.03 Å². The van der Waals surface area contributed by atoms with Crippen LogP contribution in [0.3, 0.4) is 0 Å². The van der Waals surface area contributed by atoms with Gasteiger partial charge >= 0.3 is 0 Å². The first-order valence-electron chi connectivity index (χ1n) is 11.1. The molecule has 0 saturated heterocycles. The molecular weight excluding hydrogens is 454 g/mol. The number of carbonyl (C=O) groups excluding carboxylic acids is 2. The molecule has 0 atom stereocenters. The molecule has 0 spiro atoms. The van der Waals surface area contributed by atoms with Crippen LogP contribution >= 0.6 is 11.8 Å². The van der Waals surface area contributed by atoms with Crippen molar-refractivity contribution in [1.82, 2.24) is 9.97 Å². The van der Waals surface area contributed by atoms with E-state index in [1.807, 2.05) is 72.8 Å². The largest absolute Gasteiger partial charge is 0.325 e. The number of nitrogens with zero attached hydrogens (tertiary/aromatic N) is 2. The highest BCUT2D eigenvalue weighted by Crippen LogP contribution is 2.30. The molecule has 5 aromatic rings. The molecule has 1 aromatic heterocycles. The van der Waals surface area contributed by atoms with Crippen LogP contribution in [-0.4, -0.2) is 27.4 Å². The van der Waals surface area contributed by atoms with Gasteiger partial charge in [-0.15, -0.1) is 0 Å². The Bertz CT molecular complexity index is 1500. The topological polar surface area (TPSA) is 72.0 Å². The van der Waals surface area contributed by atoms with Crippen LogP contribution in [0.2, 0.25) is 0 Å². The average molecular weight is 476 g/mol. The number of carbonyl (C=O) groups is 2. The summed E-state index contributed by atoms with van der Waals surface area (Å²) in [6.07, 6.45) is 0. The summed E-state index contributed by atoms with van der Waals surface area (Å²) in [7, 11) is 0. The molecule has 1 amide bonds. The number of benzene rings is 4. The summed E-state index contributed by atoms with van der Waals surface area (Å²) >= 11 is 1.32. The van der Waals surface area contributed by atoms with Gasteiger partial charge in [-0.05, 0) is 24.3 Å². The first-order chi connectivity index (χ1) is 17.2. The van der Waals surface area contributed by atoms with Crippen LogP contribution in [0.15, 0.2) is 114 Å². The third-order valence-corrected chi connectivity index (χ3v) is 6.37. The van der Waals surface area contributed by atoms with Crippen LogP contribution in [0.1, 0.15) is 15.9 Å². The molecule has 170 valence electrons. The van der Waals surface area contributed by atoms with Gasteiger partial charge in [0.15, 0.2) is 5.78 Å². The summed E-state index contributed by atoms with van der Waals surface area (Å²) in [6, 6.07) is 33.6. The predicted octanol–water partition coefficient (Wildman–Crippen LogP) is 6.26. The quantitative estimate of drug-likeness (QED) is 0.222. The zero-order chi connectivity index (χ0) is 24.0. The number of rotatable bonds is 7. The van der Waals surface area contributed by atoms with Gasteiger partial charge in [0, 0.05) is 16.7 Å². The molecule has 6 heteroatoms. The van der Waals surface area contributed by atoms with Crippen molar-refractivity contribution in [3.63, 3.8) is 0 Å². The second-order valence-corrected chi connectivity index (χ2v) is 8.77. The number of ketones is 1. The fourth-order valence-electron chi connectivity index (χ4n) is 3.72. The molecule has 5 rings (SSSR count). The normalized spacial score (nSPS) is 10.7. The summed E-state index contributed by atoms with van der Waals surface area (Å²) in [5.74, 6) is -0.237. The smallest absolute Gasteiger partial charge is 0.234 e. The zero-order valence-corrected chi connectivity index (χ0v) is 19.5. The summed E-state index contributed by atoms with van der Waals surface area (Å²) in [6.45, 7) is 0. The van der Waals surface area contributed by atoms with E-state index in [0.717, 1.165) is 22.3 Å². The van der Waals surface area contributed by atoms with Crippen molar-refractivity contribution in [2.24, 2.45) is 0 Å². The highest BCUT2D eigenvalue weighted by molar-refractivity contribution is 8.00. The van der Waals surface area contributed by atoms with Crippen LogP contribution in [0, 0.1) is 0 Å². The van der Waals surface area contributed by atoms with Gasteiger partial charge in [-0.3, -0.25) is 9.59 Å². The Hall–Kier alpha value is -4.29. The van der Waals surface area contributed by atoms with Crippen molar-refractivity contribution in [3.05, 3.63) is 120 Å². The van der Waals surface area contributed by atoms with Crippen molar-refractivity contribution >= 4 is 40.2 Å². The highest BCUT2D eigenvalue weighted by atomic mass is 32.2. The Kier molecular flexibility index (Phi) is 6.63. The van der Waals surface area contributed by atoms with E-state index in [4.69, 9.17) is 9.97 Å². The lowest BCUT2D eigenvalue weighted by atomic mass is 10.0. The highest BCUT2D eigenvalue weighted by Gasteiger charge is 2.17. The lowest BCUT2D eigenvalue weighted by Gasteiger charge is -2.12. The standard InChI is InChI=1S/C29H21N3O2S/c33-26(30-23-16-8-7-15-22(23)28(34)21-13-5-2-6-14-21)19-35-29-27(20-11-3-1-4-12-20)31-24-17-9-10-18-25(24)32-29/h1-18H,19H2,(H,30,33). The Morgan fingerprint density at radius 1 is 0.686 bits per heavy atom. The Morgan fingerprint density at radius 2 is 1.29 bits per heavy atom. The van der Waals surface area contributed by atoms with Crippen LogP contribution in [-0.2, 0) is 4.79 Å². The minimum absolute atomic E-state index is 0.126. The number of thioether (sulfide) groups is 1. The molecule has 0 aliphatic carbocycles. The number of anilines is 1. The van der Waals surface area contributed by atoms with Gasteiger partial charge in [0.25, 0.3) is 0 Å². The zero-order valence-electron chi connectivity index (χ0n) is 18.7. The van der Waals surface area contributed by atoms with Gasteiger partial charge < -0.3 is 5.32 Å². The van der Waals surface area contributed by atoms with E-state index in [1.54, 1.807) is 36.4 Å². The predicted molar refractivity (Wildman–Crippen MR) is 141 cm³/mol. The first kappa shape index (κ1) is 22.5. The number of hydrogen-bond donors (Lipinski definition) is 1. The molecule has 0 unspecified atom stereocenters. The number of fused-ring (bicyclic) bond motifs is 1. The van der Waals surface area contributed by atoms with E-state index >= 15 is 0 Å². The molecule has 4 aromatic carbocycles. The van der Waals surface area contributed by atoms with Gasteiger partial charge in [-0.25, -0.2) is 9.97 Å². The van der Waals surface area contributed by atoms with Crippen LogP contribution in [0.4, 0.5) is 5.69 Å².